The van der Waals surface area contributed by atoms with Gasteiger partial charge in [-0.3, -0.25) is 0 Å². The first-order valence-electron chi connectivity index (χ1n) is 8.66. The zero-order chi connectivity index (χ0) is 18.3. The minimum absolute atomic E-state index is 0.699. The van der Waals surface area contributed by atoms with Gasteiger partial charge in [0.25, 0.3) is 0 Å². The minimum atomic E-state index is -1.49. The minimum Gasteiger partial charge on any atom is -0.455 e. The van der Waals surface area contributed by atoms with Crippen molar-refractivity contribution in [2.24, 2.45) is 0 Å². The highest BCUT2D eigenvalue weighted by Crippen LogP contribution is 2.37. The van der Waals surface area contributed by atoms with Gasteiger partial charge in [0.15, 0.2) is 0 Å². The van der Waals surface area contributed by atoms with Gasteiger partial charge in [-0.05, 0) is 18.2 Å². The van der Waals surface area contributed by atoms with E-state index in [-0.39, 0.29) is 0 Å². The molecule has 0 atom stereocenters. The van der Waals surface area contributed by atoms with E-state index < -0.39 is 8.07 Å². The number of rotatable bonds is 1. The van der Waals surface area contributed by atoms with Gasteiger partial charge >= 0.3 is 0 Å². The summed E-state index contributed by atoms with van der Waals surface area (Å²) >= 11 is 6.26. The smallest absolute Gasteiger partial charge is 0.143 e. The summed E-state index contributed by atoms with van der Waals surface area (Å²) in [5.74, 6) is 3.38. The lowest BCUT2D eigenvalue weighted by Gasteiger charge is -2.08. The second-order valence-corrected chi connectivity index (χ2v) is 12.7. The first-order valence-corrected chi connectivity index (χ1v) is 12.5. The third-order valence-corrected chi connectivity index (χ3v) is 5.36. The Balaban J connectivity index is 2.00. The van der Waals surface area contributed by atoms with E-state index in [1.807, 2.05) is 36.4 Å². The molecule has 0 aliphatic rings. The molecule has 0 fully saturated rings. The molecule has 0 aliphatic heterocycles. The van der Waals surface area contributed by atoms with E-state index in [0.29, 0.717) is 5.02 Å². The Labute approximate surface area is 159 Å². The third-order valence-electron chi connectivity index (χ3n) is 4.25. The number of benzene rings is 3. The van der Waals surface area contributed by atoms with Gasteiger partial charge in [0.1, 0.15) is 19.2 Å². The van der Waals surface area contributed by atoms with Gasteiger partial charge in [-0.25, -0.2) is 0 Å². The van der Waals surface area contributed by atoms with Crippen LogP contribution in [0.5, 0.6) is 0 Å². The van der Waals surface area contributed by atoms with E-state index in [0.717, 1.165) is 38.6 Å². The average Bonchev–Trinajstić information content (AvgIpc) is 2.98. The van der Waals surface area contributed by atoms with Gasteiger partial charge < -0.3 is 4.42 Å². The number of hydrogen-bond donors (Lipinski definition) is 0. The van der Waals surface area contributed by atoms with Crippen LogP contribution in [0.2, 0.25) is 24.7 Å². The molecule has 0 saturated carbocycles. The van der Waals surface area contributed by atoms with Crippen molar-refractivity contribution in [2.75, 3.05) is 0 Å². The Bertz CT molecular complexity index is 1190. The van der Waals surface area contributed by atoms with Crippen LogP contribution >= 0.6 is 11.6 Å². The van der Waals surface area contributed by atoms with Crippen molar-refractivity contribution in [2.45, 2.75) is 19.6 Å². The molecular weight excluding hydrogens is 356 g/mol. The second-order valence-electron chi connectivity index (χ2n) is 7.47. The van der Waals surface area contributed by atoms with Crippen molar-refractivity contribution < 1.29 is 4.42 Å². The fraction of sp³-hybridized carbons (Fsp3) is 0.130. The molecule has 3 aromatic carbocycles. The Kier molecular flexibility index (Phi) is 4.15. The molecule has 1 aromatic heterocycles. The van der Waals surface area contributed by atoms with E-state index in [2.05, 4.69) is 55.4 Å². The first kappa shape index (κ1) is 17.0. The highest BCUT2D eigenvalue weighted by molar-refractivity contribution is 6.83. The van der Waals surface area contributed by atoms with E-state index in [9.17, 15) is 0 Å². The molecule has 3 heteroatoms. The quantitative estimate of drug-likeness (QED) is 0.255. The van der Waals surface area contributed by atoms with Crippen molar-refractivity contribution in [1.82, 2.24) is 0 Å². The third kappa shape index (κ3) is 3.17. The lowest BCUT2D eigenvalue weighted by molar-refractivity contribution is 0.670. The van der Waals surface area contributed by atoms with Gasteiger partial charge in [0.05, 0.1) is 0 Å². The second kappa shape index (κ2) is 6.36. The summed E-state index contributed by atoms with van der Waals surface area (Å²) in [5, 5.41) is 2.95. The lowest BCUT2D eigenvalue weighted by Crippen LogP contribution is -2.16. The summed E-state index contributed by atoms with van der Waals surface area (Å²) in [7, 11) is -1.49. The predicted molar refractivity (Wildman–Crippen MR) is 114 cm³/mol. The van der Waals surface area contributed by atoms with Crippen LogP contribution in [0.25, 0.3) is 33.1 Å². The zero-order valence-corrected chi connectivity index (χ0v) is 16.8. The topological polar surface area (TPSA) is 13.1 Å². The van der Waals surface area contributed by atoms with Crippen LogP contribution < -0.4 is 0 Å². The molecule has 0 bridgehead atoms. The summed E-state index contributed by atoms with van der Waals surface area (Å²) in [6.45, 7) is 6.72. The monoisotopic (exact) mass is 374 g/mol. The number of fused-ring (bicyclic) bond motifs is 3. The largest absolute Gasteiger partial charge is 0.455 e. The lowest BCUT2D eigenvalue weighted by atomic mass is 9.98. The average molecular weight is 375 g/mol. The molecule has 4 aromatic rings. The molecule has 0 saturated heterocycles. The van der Waals surface area contributed by atoms with Gasteiger partial charge in [0.2, 0.25) is 0 Å². The molecule has 0 radical (unpaired) electrons. The highest BCUT2D eigenvalue weighted by atomic mass is 35.5. The van der Waals surface area contributed by atoms with E-state index in [1.165, 1.54) is 0 Å². The number of furan rings is 1. The van der Waals surface area contributed by atoms with Crippen LogP contribution in [0, 0.1) is 11.5 Å². The number of hydrogen-bond acceptors (Lipinski definition) is 1. The summed E-state index contributed by atoms with van der Waals surface area (Å²) in [6, 6.07) is 20.3. The summed E-state index contributed by atoms with van der Waals surface area (Å²) < 4.78 is 6.20. The van der Waals surface area contributed by atoms with Crippen LogP contribution in [0.1, 0.15) is 5.56 Å². The fourth-order valence-corrected chi connectivity index (χ4v) is 3.75. The Morgan fingerprint density at radius 1 is 0.846 bits per heavy atom. The highest BCUT2D eigenvalue weighted by Gasteiger charge is 2.14. The van der Waals surface area contributed by atoms with Crippen molar-refractivity contribution in [3.8, 4) is 22.6 Å². The molecule has 0 spiro atoms. The molecule has 4 rings (SSSR count). The van der Waals surface area contributed by atoms with Crippen LogP contribution in [0.4, 0.5) is 0 Å². The molecule has 0 unspecified atom stereocenters. The standard InChI is InChI=1S/C23H19ClOSi/c1-26(2,3)14-13-16-15-17(24)11-12-18(16)20-8-6-9-21-19-7-4-5-10-22(19)25-23(20)21/h4-12,15H,1-3H3. The van der Waals surface area contributed by atoms with Crippen LogP contribution in [0.3, 0.4) is 0 Å². The van der Waals surface area contributed by atoms with E-state index in [1.54, 1.807) is 0 Å². The van der Waals surface area contributed by atoms with Crippen molar-refractivity contribution >= 4 is 41.6 Å². The Morgan fingerprint density at radius 2 is 1.62 bits per heavy atom. The predicted octanol–water partition coefficient (Wildman–Crippen LogP) is 7.14. The first-order chi connectivity index (χ1) is 12.4. The maximum atomic E-state index is 6.26. The fourth-order valence-electron chi connectivity index (χ4n) is 3.07. The summed E-state index contributed by atoms with van der Waals surface area (Å²) in [6.07, 6.45) is 0. The van der Waals surface area contributed by atoms with E-state index in [4.69, 9.17) is 16.0 Å². The zero-order valence-electron chi connectivity index (χ0n) is 15.1. The van der Waals surface area contributed by atoms with Crippen molar-refractivity contribution in [3.63, 3.8) is 0 Å². The van der Waals surface area contributed by atoms with Gasteiger partial charge in [-0.15, -0.1) is 5.54 Å². The van der Waals surface area contributed by atoms with Gasteiger partial charge in [-0.1, -0.05) is 79.6 Å². The number of halogens is 1. The number of para-hydroxylation sites is 2. The maximum Gasteiger partial charge on any atom is 0.143 e. The Hall–Kier alpha value is -2.47. The Morgan fingerprint density at radius 3 is 2.42 bits per heavy atom. The normalized spacial score (nSPS) is 11.5. The van der Waals surface area contributed by atoms with Crippen LogP contribution in [-0.2, 0) is 0 Å². The molecular formula is C23H19ClOSi. The van der Waals surface area contributed by atoms with Crippen LogP contribution in [-0.4, -0.2) is 8.07 Å². The molecule has 1 nitrogen and oxygen atoms in total. The van der Waals surface area contributed by atoms with Crippen LogP contribution in [0.15, 0.2) is 65.1 Å². The van der Waals surface area contributed by atoms with Crippen molar-refractivity contribution in [1.29, 1.82) is 0 Å². The summed E-state index contributed by atoms with van der Waals surface area (Å²) in [5.41, 5.74) is 8.31. The molecule has 128 valence electrons. The van der Waals surface area contributed by atoms with Crippen molar-refractivity contribution in [3.05, 3.63) is 71.2 Å². The van der Waals surface area contributed by atoms with E-state index >= 15 is 0 Å². The SMILES string of the molecule is C[Si](C)(C)C#Cc1cc(Cl)ccc1-c1cccc2c1oc1ccccc12. The summed E-state index contributed by atoms with van der Waals surface area (Å²) in [4.78, 5) is 0. The molecule has 26 heavy (non-hydrogen) atoms. The molecule has 0 aliphatic carbocycles. The molecule has 1 heterocycles. The van der Waals surface area contributed by atoms with Gasteiger partial charge in [0, 0.05) is 32.5 Å². The van der Waals surface area contributed by atoms with Gasteiger partial charge in [-0.2, -0.15) is 0 Å². The molecule has 0 amide bonds. The maximum absolute atomic E-state index is 6.26. The molecule has 0 N–H and O–H groups in total.